The third kappa shape index (κ3) is 3.78. The van der Waals surface area contributed by atoms with E-state index in [1.807, 2.05) is 6.92 Å². The molecule has 128 valence electrons. The number of rotatable bonds is 4. The summed E-state index contributed by atoms with van der Waals surface area (Å²) in [5.74, 6) is 1.60. The molecule has 2 fully saturated rings. The van der Waals surface area contributed by atoms with Crippen LogP contribution in [0.15, 0.2) is 29.2 Å². The summed E-state index contributed by atoms with van der Waals surface area (Å²) in [6.45, 7) is 4.60. The van der Waals surface area contributed by atoms with Crippen LogP contribution in [0.25, 0.3) is 0 Å². The molecule has 3 rings (SSSR count). The summed E-state index contributed by atoms with van der Waals surface area (Å²) in [4.78, 5) is 2.68. The fourth-order valence-corrected chi connectivity index (χ4v) is 4.85. The van der Waals surface area contributed by atoms with Crippen molar-refractivity contribution in [2.24, 2.45) is 11.8 Å². The average Bonchev–Trinajstić information content (AvgIpc) is 2.87. The van der Waals surface area contributed by atoms with Crippen molar-refractivity contribution < 1.29 is 13.5 Å². The van der Waals surface area contributed by atoms with E-state index in [4.69, 9.17) is 0 Å². The summed E-state index contributed by atoms with van der Waals surface area (Å²) in [5.41, 5.74) is -0.177. The molecule has 3 unspecified atom stereocenters. The normalized spacial score (nSPS) is 28.3. The zero-order valence-electron chi connectivity index (χ0n) is 14.0. The second-order valence-electron chi connectivity index (χ2n) is 7.57. The van der Waals surface area contributed by atoms with Gasteiger partial charge in [0, 0.05) is 25.9 Å². The molecule has 1 aromatic carbocycles. The minimum absolute atomic E-state index is 0.296. The molecular formula is C18H27NO3S. The monoisotopic (exact) mass is 337 g/mol. The first-order valence-electron chi connectivity index (χ1n) is 8.51. The predicted octanol–water partition coefficient (Wildman–Crippen LogP) is 2.42. The molecule has 1 aliphatic carbocycles. The van der Waals surface area contributed by atoms with Crippen molar-refractivity contribution in [2.45, 2.75) is 43.1 Å². The highest BCUT2D eigenvalue weighted by molar-refractivity contribution is 7.90. The van der Waals surface area contributed by atoms with Crippen molar-refractivity contribution in [2.75, 3.05) is 25.9 Å². The highest BCUT2D eigenvalue weighted by Crippen LogP contribution is 2.37. The predicted molar refractivity (Wildman–Crippen MR) is 91.0 cm³/mol. The number of aliphatic hydroxyl groups is 1. The number of fused-ring (bicyclic) bond motifs is 1. The van der Waals surface area contributed by atoms with E-state index in [1.54, 1.807) is 24.3 Å². The van der Waals surface area contributed by atoms with Crippen LogP contribution in [0, 0.1) is 11.8 Å². The van der Waals surface area contributed by atoms with Crippen molar-refractivity contribution in [3.8, 4) is 0 Å². The Bertz CT molecular complexity index is 637. The minimum Gasteiger partial charge on any atom is -0.384 e. The van der Waals surface area contributed by atoms with Crippen LogP contribution in [0.3, 0.4) is 0 Å². The van der Waals surface area contributed by atoms with Crippen LogP contribution in [0.4, 0.5) is 0 Å². The topological polar surface area (TPSA) is 57.6 Å². The van der Waals surface area contributed by atoms with Gasteiger partial charge in [0.1, 0.15) is 0 Å². The summed E-state index contributed by atoms with van der Waals surface area (Å²) < 4.78 is 23.1. The van der Waals surface area contributed by atoms with Gasteiger partial charge in [0.25, 0.3) is 0 Å². The first kappa shape index (κ1) is 16.9. The standard InChI is InChI=1S/C18H27NO3S/c1-18(20,16-7-9-17(10-8-16)23(2,21)22)13-19-11-14-5-3-4-6-15(14)12-19/h7-10,14-15,20H,3-6,11-13H2,1-2H3. The van der Waals surface area contributed by atoms with Gasteiger partial charge in [0.15, 0.2) is 9.84 Å². The number of sulfone groups is 1. The molecule has 4 nitrogen and oxygen atoms in total. The van der Waals surface area contributed by atoms with Crippen molar-refractivity contribution in [3.63, 3.8) is 0 Å². The van der Waals surface area contributed by atoms with Crippen molar-refractivity contribution >= 4 is 9.84 Å². The molecule has 0 aromatic heterocycles. The lowest BCUT2D eigenvalue weighted by molar-refractivity contribution is 0.0211. The van der Waals surface area contributed by atoms with Crippen LogP contribution >= 0.6 is 0 Å². The molecule has 23 heavy (non-hydrogen) atoms. The molecule has 1 heterocycles. The Balaban J connectivity index is 1.69. The largest absolute Gasteiger partial charge is 0.384 e. The van der Waals surface area contributed by atoms with Crippen LogP contribution in [0.2, 0.25) is 0 Å². The quantitative estimate of drug-likeness (QED) is 0.917. The molecule has 1 saturated carbocycles. The highest BCUT2D eigenvalue weighted by Gasteiger charge is 2.37. The number of hydrogen-bond acceptors (Lipinski definition) is 4. The second kappa shape index (κ2) is 6.19. The molecule has 1 aliphatic heterocycles. The van der Waals surface area contributed by atoms with E-state index in [2.05, 4.69) is 4.90 Å². The van der Waals surface area contributed by atoms with Crippen LogP contribution in [-0.4, -0.2) is 44.3 Å². The van der Waals surface area contributed by atoms with Crippen LogP contribution in [-0.2, 0) is 15.4 Å². The van der Waals surface area contributed by atoms with Crippen LogP contribution < -0.4 is 0 Å². The Kier molecular flexibility index (Phi) is 4.55. The van der Waals surface area contributed by atoms with Crippen LogP contribution in [0.5, 0.6) is 0 Å². The van der Waals surface area contributed by atoms with Crippen molar-refractivity contribution in [3.05, 3.63) is 29.8 Å². The van der Waals surface area contributed by atoms with Gasteiger partial charge in [-0.3, -0.25) is 4.90 Å². The van der Waals surface area contributed by atoms with E-state index in [9.17, 15) is 13.5 Å². The Morgan fingerprint density at radius 3 is 2.13 bits per heavy atom. The lowest BCUT2D eigenvalue weighted by Gasteiger charge is -2.29. The molecule has 0 radical (unpaired) electrons. The zero-order chi connectivity index (χ0) is 16.7. The first-order chi connectivity index (χ1) is 10.8. The smallest absolute Gasteiger partial charge is 0.175 e. The lowest BCUT2D eigenvalue weighted by atomic mass is 9.82. The van der Waals surface area contributed by atoms with Crippen molar-refractivity contribution in [1.29, 1.82) is 0 Å². The molecule has 0 amide bonds. The zero-order valence-corrected chi connectivity index (χ0v) is 14.8. The summed E-state index contributed by atoms with van der Waals surface area (Å²) in [5, 5.41) is 10.9. The number of β-amino-alcohol motifs (C(OH)–C–C–N with tert-alkyl or cyclic N) is 1. The fraction of sp³-hybridized carbons (Fsp3) is 0.667. The Hall–Kier alpha value is -0.910. The Labute approximate surface area is 139 Å². The third-order valence-corrected chi connectivity index (χ3v) is 6.62. The summed E-state index contributed by atoms with van der Waals surface area (Å²) in [6.07, 6.45) is 6.54. The molecular weight excluding hydrogens is 310 g/mol. The lowest BCUT2D eigenvalue weighted by Crippen LogP contribution is -2.38. The maximum Gasteiger partial charge on any atom is 0.175 e. The number of nitrogens with zero attached hydrogens (tertiary/aromatic N) is 1. The van der Waals surface area contributed by atoms with Gasteiger partial charge in [0.05, 0.1) is 10.5 Å². The summed E-state index contributed by atoms with van der Waals surface area (Å²) >= 11 is 0. The number of benzene rings is 1. The molecule has 1 N–H and O–H groups in total. The summed E-state index contributed by atoms with van der Waals surface area (Å²) in [7, 11) is -3.19. The van der Waals surface area contributed by atoms with Crippen molar-refractivity contribution in [1.82, 2.24) is 4.90 Å². The van der Waals surface area contributed by atoms with E-state index in [-0.39, 0.29) is 0 Å². The van der Waals surface area contributed by atoms with E-state index in [0.717, 1.165) is 30.5 Å². The Morgan fingerprint density at radius 1 is 1.13 bits per heavy atom. The molecule has 5 heteroatoms. The van der Waals surface area contributed by atoms with Gasteiger partial charge in [-0.15, -0.1) is 0 Å². The maximum absolute atomic E-state index is 11.5. The Morgan fingerprint density at radius 2 is 1.65 bits per heavy atom. The fourth-order valence-electron chi connectivity index (χ4n) is 4.22. The minimum atomic E-state index is -3.19. The second-order valence-corrected chi connectivity index (χ2v) is 9.58. The van der Waals surface area contributed by atoms with Gasteiger partial charge in [-0.25, -0.2) is 8.42 Å². The van der Waals surface area contributed by atoms with Gasteiger partial charge < -0.3 is 5.11 Å². The van der Waals surface area contributed by atoms with Gasteiger partial charge in [-0.05, 0) is 49.3 Å². The van der Waals surface area contributed by atoms with E-state index in [1.165, 1.54) is 31.9 Å². The number of likely N-dealkylation sites (tertiary alicyclic amines) is 1. The average molecular weight is 337 g/mol. The van der Waals surface area contributed by atoms with Crippen LogP contribution in [0.1, 0.15) is 38.2 Å². The highest BCUT2D eigenvalue weighted by atomic mass is 32.2. The van der Waals surface area contributed by atoms with Gasteiger partial charge >= 0.3 is 0 Å². The molecule has 1 aromatic rings. The third-order valence-electron chi connectivity index (χ3n) is 5.49. The summed E-state index contributed by atoms with van der Waals surface area (Å²) in [6, 6.07) is 6.64. The first-order valence-corrected chi connectivity index (χ1v) is 10.4. The van der Waals surface area contributed by atoms with E-state index >= 15 is 0 Å². The number of hydrogen-bond donors (Lipinski definition) is 1. The maximum atomic E-state index is 11.5. The molecule has 2 aliphatic rings. The van der Waals surface area contributed by atoms with Gasteiger partial charge in [-0.2, -0.15) is 0 Å². The molecule has 1 saturated heterocycles. The van der Waals surface area contributed by atoms with E-state index in [0.29, 0.717) is 11.4 Å². The van der Waals surface area contributed by atoms with E-state index < -0.39 is 15.4 Å². The van der Waals surface area contributed by atoms with Gasteiger partial charge in [0.2, 0.25) is 0 Å². The molecule has 3 atom stereocenters. The molecule has 0 spiro atoms. The van der Waals surface area contributed by atoms with Gasteiger partial charge in [-0.1, -0.05) is 25.0 Å². The SMILES string of the molecule is CC(O)(CN1CC2CCCCC2C1)c1ccc(S(C)(=O)=O)cc1. The molecule has 0 bridgehead atoms.